The lowest BCUT2D eigenvalue weighted by Crippen LogP contribution is -2.29. The largest absolute Gasteiger partial charge is 0.393 e. The van der Waals surface area contributed by atoms with E-state index in [9.17, 15) is 17.9 Å². The molecular formula is C12H15BrFNO3S. The maximum absolute atomic E-state index is 13.6. The first kappa shape index (κ1) is 14.9. The highest BCUT2D eigenvalue weighted by atomic mass is 79.9. The first-order valence-corrected chi connectivity index (χ1v) is 8.29. The van der Waals surface area contributed by atoms with Crippen LogP contribution in [0, 0.1) is 11.7 Å². The first-order valence-electron chi connectivity index (χ1n) is 6.01. The average Bonchev–Trinajstić information content (AvgIpc) is 2.72. The standard InChI is InChI=1S/C12H15BrFNO3S/c13-9-2-4-12(11(14)6-9)19(17,18)15-7-8-1-3-10(16)5-8/h2,4,6,8,10,15-16H,1,3,5,7H2. The van der Waals surface area contributed by atoms with E-state index in [0.29, 0.717) is 17.3 Å². The molecule has 0 aliphatic heterocycles. The van der Waals surface area contributed by atoms with Crippen LogP contribution >= 0.6 is 15.9 Å². The van der Waals surface area contributed by atoms with Crippen molar-refractivity contribution >= 4 is 26.0 Å². The zero-order chi connectivity index (χ0) is 14.0. The van der Waals surface area contributed by atoms with Gasteiger partial charge in [0.05, 0.1) is 6.10 Å². The Morgan fingerprint density at radius 1 is 1.42 bits per heavy atom. The van der Waals surface area contributed by atoms with E-state index in [0.717, 1.165) is 12.5 Å². The summed E-state index contributed by atoms with van der Waals surface area (Å²) in [6.45, 7) is 0.231. The highest BCUT2D eigenvalue weighted by molar-refractivity contribution is 9.10. The summed E-state index contributed by atoms with van der Waals surface area (Å²) in [7, 11) is -3.84. The molecule has 0 radical (unpaired) electrons. The van der Waals surface area contributed by atoms with Gasteiger partial charge in [0.2, 0.25) is 10.0 Å². The number of hydrogen-bond donors (Lipinski definition) is 2. The molecule has 7 heteroatoms. The van der Waals surface area contributed by atoms with Gasteiger partial charge in [0.1, 0.15) is 10.7 Å². The molecule has 1 aromatic rings. The van der Waals surface area contributed by atoms with E-state index in [2.05, 4.69) is 20.7 Å². The van der Waals surface area contributed by atoms with Crippen LogP contribution in [-0.2, 0) is 10.0 Å². The van der Waals surface area contributed by atoms with Crippen LogP contribution in [0.5, 0.6) is 0 Å². The number of hydrogen-bond acceptors (Lipinski definition) is 3. The van der Waals surface area contributed by atoms with Crippen LogP contribution in [0.2, 0.25) is 0 Å². The van der Waals surface area contributed by atoms with Crippen LogP contribution in [0.3, 0.4) is 0 Å². The number of sulfonamides is 1. The normalized spacial score (nSPS) is 23.7. The van der Waals surface area contributed by atoms with Crippen LogP contribution in [-0.4, -0.2) is 26.2 Å². The molecule has 0 saturated heterocycles. The molecule has 1 saturated carbocycles. The molecule has 106 valence electrons. The Morgan fingerprint density at radius 3 is 2.74 bits per heavy atom. The number of nitrogens with one attached hydrogen (secondary N) is 1. The third kappa shape index (κ3) is 3.75. The molecule has 0 aromatic heterocycles. The summed E-state index contributed by atoms with van der Waals surface area (Å²) in [4.78, 5) is -0.353. The molecule has 0 heterocycles. The van der Waals surface area contributed by atoms with Gasteiger partial charge in [0, 0.05) is 11.0 Å². The van der Waals surface area contributed by atoms with Gasteiger partial charge in [-0.05, 0) is 43.4 Å². The highest BCUT2D eigenvalue weighted by Crippen LogP contribution is 2.25. The number of aliphatic hydroxyl groups excluding tert-OH is 1. The molecule has 1 aliphatic rings. The Bertz CT molecular complexity index is 564. The van der Waals surface area contributed by atoms with E-state index in [-0.39, 0.29) is 23.5 Å². The third-order valence-electron chi connectivity index (χ3n) is 3.26. The SMILES string of the molecule is O=S(=O)(NCC1CCC(O)C1)c1ccc(Br)cc1F. The Morgan fingerprint density at radius 2 is 2.16 bits per heavy atom. The quantitative estimate of drug-likeness (QED) is 0.872. The average molecular weight is 352 g/mol. The fourth-order valence-electron chi connectivity index (χ4n) is 2.23. The van der Waals surface area contributed by atoms with Crippen molar-refractivity contribution < 1.29 is 17.9 Å². The molecule has 2 rings (SSSR count). The molecule has 1 fully saturated rings. The van der Waals surface area contributed by atoms with Gasteiger partial charge in [-0.25, -0.2) is 17.5 Å². The van der Waals surface area contributed by atoms with Gasteiger partial charge in [-0.15, -0.1) is 0 Å². The summed E-state index contributed by atoms with van der Waals surface area (Å²) in [6.07, 6.45) is 1.72. The van der Waals surface area contributed by atoms with E-state index < -0.39 is 15.8 Å². The van der Waals surface area contributed by atoms with Crippen molar-refractivity contribution in [3.8, 4) is 0 Å². The van der Waals surface area contributed by atoms with Crippen molar-refractivity contribution in [2.45, 2.75) is 30.3 Å². The predicted molar refractivity (Wildman–Crippen MR) is 72.6 cm³/mol. The summed E-state index contributed by atoms with van der Waals surface area (Å²) in [5.41, 5.74) is 0. The molecule has 2 unspecified atom stereocenters. The van der Waals surface area contributed by atoms with E-state index >= 15 is 0 Å². The molecule has 1 aromatic carbocycles. The zero-order valence-electron chi connectivity index (χ0n) is 10.1. The first-order chi connectivity index (χ1) is 8.88. The zero-order valence-corrected chi connectivity index (χ0v) is 12.5. The third-order valence-corrected chi connectivity index (χ3v) is 5.21. The van der Waals surface area contributed by atoms with Gasteiger partial charge >= 0.3 is 0 Å². The summed E-state index contributed by atoms with van der Waals surface area (Å²) in [5.74, 6) is -0.670. The van der Waals surface area contributed by atoms with E-state index in [4.69, 9.17) is 0 Å². The van der Waals surface area contributed by atoms with E-state index in [1.807, 2.05) is 0 Å². The molecule has 2 atom stereocenters. The Balaban J connectivity index is 2.06. The Labute approximate surface area is 120 Å². The van der Waals surface area contributed by atoms with Crippen LogP contribution in [0.4, 0.5) is 4.39 Å². The minimum absolute atomic E-state index is 0.114. The molecule has 4 nitrogen and oxygen atoms in total. The van der Waals surface area contributed by atoms with Crippen molar-refractivity contribution in [2.75, 3.05) is 6.54 Å². The van der Waals surface area contributed by atoms with E-state index in [1.165, 1.54) is 12.1 Å². The molecule has 19 heavy (non-hydrogen) atoms. The van der Waals surface area contributed by atoms with Gasteiger partial charge in [-0.1, -0.05) is 15.9 Å². The molecule has 1 aliphatic carbocycles. The monoisotopic (exact) mass is 351 g/mol. The molecular weight excluding hydrogens is 337 g/mol. The van der Waals surface area contributed by atoms with Crippen LogP contribution in [0.15, 0.2) is 27.6 Å². The lowest BCUT2D eigenvalue weighted by Gasteiger charge is -2.12. The van der Waals surface area contributed by atoms with Gasteiger partial charge in [0.25, 0.3) is 0 Å². The highest BCUT2D eigenvalue weighted by Gasteiger charge is 2.25. The van der Waals surface area contributed by atoms with Gasteiger partial charge < -0.3 is 5.11 Å². The summed E-state index contributed by atoms with van der Waals surface area (Å²) in [5, 5.41) is 9.38. The second-order valence-corrected chi connectivity index (χ2v) is 7.41. The number of halogens is 2. The topological polar surface area (TPSA) is 66.4 Å². The Kier molecular flexibility index (Phi) is 4.60. The lowest BCUT2D eigenvalue weighted by molar-refractivity contribution is 0.178. The summed E-state index contributed by atoms with van der Waals surface area (Å²) < 4.78 is 40.5. The van der Waals surface area contributed by atoms with Crippen LogP contribution in [0.25, 0.3) is 0 Å². The molecule has 0 spiro atoms. The maximum Gasteiger partial charge on any atom is 0.243 e. The van der Waals surface area contributed by atoms with Crippen LogP contribution < -0.4 is 4.72 Å². The fourth-order valence-corrected chi connectivity index (χ4v) is 3.74. The second-order valence-electron chi connectivity index (χ2n) is 4.76. The van der Waals surface area contributed by atoms with Gasteiger partial charge in [-0.2, -0.15) is 0 Å². The minimum Gasteiger partial charge on any atom is -0.393 e. The molecule has 0 amide bonds. The van der Waals surface area contributed by atoms with Crippen molar-refractivity contribution in [2.24, 2.45) is 5.92 Å². The van der Waals surface area contributed by atoms with Gasteiger partial charge in [0.15, 0.2) is 0 Å². The predicted octanol–water partition coefficient (Wildman–Crippen LogP) is 2.03. The maximum atomic E-state index is 13.6. The molecule has 0 bridgehead atoms. The lowest BCUT2D eigenvalue weighted by atomic mass is 10.1. The fraction of sp³-hybridized carbons (Fsp3) is 0.500. The number of benzene rings is 1. The minimum atomic E-state index is -3.84. The van der Waals surface area contributed by atoms with Crippen molar-refractivity contribution in [3.63, 3.8) is 0 Å². The van der Waals surface area contributed by atoms with Crippen molar-refractivity contribution in [1.29, 1.82) is 0 Å². The van der Waals surface area contributed by atoms with Crippen molar-refractivity contribution in [1.82, 2.24) is 4.72 Å². The number of rotatable bonds is 4. The Hall–Kier alpha value is -0.500. The van der Waals surface area contributed by atoms with E-state index in [1.54, 1.807) is 0 Å². The summed E-state index contributed by atoms with van der Waals surface area (Å²) in [6, 6.07) is 3.83. The molecule has 2 N–H and O–H groups in total. The van der Waals surface area contributed by atoms with Gasteiger partial charge in [-0.3, -0.25) is 0 Å². The smallest absolute Gasteiger partial charge is 0.243 e. The second kappa shape index (κ2) is 5.87. The van der Waals surface area contributed by atoms with Crippen LogP contribution in [0.1, 0.15) is 19.3 Å². The summed E-state index contributed by atoms with van der Waals surface area (Å²) >= 11 is 3.08. The number of aliphatic hydroxyl groups is 1. The van der Waals surface area contributed by atoms with Crippen molar-refractivity contribution in [3.05, 3.63) is 28.5 Å².